The Balaban J connectivity index is 2.25. The van der Waals surface area contributed by atoms with Gasteiger partial charge in [0, 0.05) is 0 Å². The van der Waals surface area contributed by atoms with Gasteiger partial charge in [-0.2, -0.15) is 0 Å². The predicted molar refractivity (Wildman–Crippen MR) is 88.2 cm³/mol. The monoisotopic (exact) mass is 416 g/mol. The second-order valence-corrected chi connectivity index (χ2v) is 7.89. The zero-order chi connectivity index (χ0) is 18.4. The van der Waals surface area contributed by atoms with Gasteiger partial charge < -0.3 is 0 Å². The summed E-state index contributed by atoms with van der Waals surface area (Å²) in [6, 6.07) is 9.63. The van der Waals surface area contributed by atoms with Crippen LogP contribution in [-0.2, 0) is 33.3 Å². The van der Waals surface area contributed by atoms with Crippen LogP contribution in [0.3, 0.4) is 0 Å². The summed E-state index contributed by atoms with van der Waals surface area (Å²) in [5.74, 6) is -1.60. The molecule has 7 nitrogen and oxygen atoms in total. The zero-order valence-corrected chi connectivity index (χ0v) is 15.9. The maximum atomic E-state index is 11.6. The predicted octanol–water partition coefficient (Wildman–Crippen LogP) is 0.167. The first-order chi connectivity index (χ1) is 11.9. The third-order valence-electron chi connectivity index (χ3n) is 3.30. The Morgan fingerprint density at radius 2 is 1.48 bits per heavy atom. The summed E-state index contributed by atoms with van der Waals surface area (Å²) in [5.41, 5.74) is 0. The van der Waals surface area contributed by atoms with Gasteiger partial charge in [-0.05, 0) is 0 Å². The Labute approximate surface area is 152 Å². The molecule has 4 atom stereocenters. The van der Waals surface area contributed by atoms with Crippen LogP contribution in [0.5, 0.6) is 0 Å². The summed E-state index contributed by atoms with van der Waals surface area (Å²) in [5, 5.41) is -0.463. The fourth-order valence-corrected chi connectivity index (χ4v) is 4.70. The fraction of sp³-hybridized carbons (Fsp3) is 0.471. The SMILES string of the molecule is CC(=O)OC1C(OC(C)=O)[C@H]([Se]c2ccccc2)OC[C@H]1OC(C)=O. The molecule has 0 amide bonds. The number of hydrogen-bond acceptors (Lipinski definition) is 7. The number of ether oxygens (including phenoxy) is 4. The van der Waals surface area contributed by atoms with Crippen molar-refractivity contribution >= 4 is 37.3 Å². The van der Waals surface area contributed by atoms with Gasteiger partial charge in [0.05, 0.1) is 0 Å². The number of rotatable bonds is 5. The first kappa shape index (κ1) is 19.4. The van der Waals surface area contributed by atoms with Gasteiger partial charge in [0.25, 0.3) is 0 Å². The van der Waals surface area contributed by atoms with Crippen molar-refractivity contribution in [2.45, 2.75) is 44.1 Å². The molecule has 0 aliphatic carbocycles. The Hall–Kier alpha value is -1.89. The van der Waals surface area contributed by atoms with Crippen LogP contribution in [-0.4, -0.2) is 62.8 Å². The van der Waals surface area contributed by atoms with Crippen LogP contribution in [0.25, 0.3) is 0 Å². The van der Waals surface area contributed by atoms with E-state index in [0.717, 1.165) is 4.46 Å². The third kappa shape index (κ3) is 5.85. The van der Waals surface area contributed by atoms with Crippen molar-refractivity contribution in [1.29, 1.82) is 0 Å². The molecular formula is C17H20O7Se. The molecule has 0 radical (unpaired) electrons. The third-order valence-corrected chi connectivity index (χ3v) is 5.78. The van der Waals surface area contributed by atoms with E-state index in [2.05, 4.69) is 0 Å². The minimum atomic E-state index is -0.908. The van der Waals surface area contributed by atoms with Gasteiger partial charge in [0.2, 0.25) is 0 Å². The molecule has 0 aromatic heterocycles. The summed E-state index contributed by atoms with van der Waals surface area (Å²) < 4.78 is 22.7. The van der Waals surface area contributed by atoms with Crippen LogP contribution < -0.4 is 4.46 Å². The Bertz CT molecular complexity index is 619. The van der Waals surface area contributed by atoms with Gasteiger partial charge in [-0.1, -0.05) is 0 Å². The van der Waals surface area contributed by atoms with E-state index in [1.807, 2.05) is 30.3 Å². The standard InChI is InChI=1S/C17H20O7Se/c1-10(18)22-14-9-21-17(25-13-7-5-4-6-8-13)16(24-12(3)20)15(14)23-11(2)19/h4-8,14-17H,9H2,1-3H3/t14-,15?,16?,17+/m1/s1. The van der Waals surface area contributed by atoms with Crippen molar-refractivity contribution in [3.05, 3.63) is 30.3 Å². The Morgan fingerprint density at radius 3 is 2.04 bits per heavy atom. The molecule has 1 heterocycles. The molecule has 0 saturated carbocycles. The van der Waals surface area contributed by atoms with Gasteiger partial charge in [-0.25, -0.2) is 0 Å². The number of esters is 3. The van der Waals surface area contributed by atoms with Crippen LogP contribution in [0, 0.1) is 0 Å². The van der Waals surface area contributed by atoms with Crippen molar-refractivity contribution in [3.63, 3.8) is 0 Å². The molecule has 1 saturated heterocycles. The molecule has 1 aliphatic heterocycles. The summed E-state index contributed by atoms with van der Waals surface area (Å²) in [4.78, 5) is 34.4. The average Bonchev–Trinajstić information content (AvgIpc) is 2.52. The molecule has 8 heteroatoms. The van der Waals surface area contributed by atoms with E-state index in [0.29, 0.717) is 0 Å². The Morgan fingerprint density at radius 1 is 0.920 bits per heavy atom. The van der Waals surface area contributed by atoms with E-state index < -0.39 is 41.2 Å². The van der Waals surface area contributed by atoms with Gasteiger partial charge in [0.15, 0.2) is 0 Å². The average molecular weight is 415 g/mol. The fourth-order valence-electron chi connectivity index (χ4n) is 2.44. The van der Waals surface area contributed by atoms with Crippen LogP contribution in [0.15, 0.2) is 30.3 Å². The van der Waals surface area contributed by atoms with Crippen molar-refractivity contribution in [1.82, 2.24) is 0 Å². The van der Waals surface area contributed by atoms with Gasteiger partial charge in [-0.15, -0.1) is 0 Å². The van der Waals surface area contributed by atoms with Gasteiger partial charge in [0.1, 0.15) is 0 Å². The number of carbonyl (C=O) groups is 3. The molecule has 0 N–H and O–H groups in total. The number of carbonyl (C=O) groups excluding carboxylic acids is 3. The van der Waals surface area contributed by atoms with Crippen molar-refractivity contribution in [3.8, 4) is 0 Å². The second kappa shape index (κ2) is 8.99. The van der Waals surface area contributed by atoms with E-state index in [1.165, 1.54) is 20.8 Å². The molecule has 2 unspecified atom stereocenters. The first-order valence-electron chi connectivity index (χ1n) is 7.71. The van der Waals surface area contributed by atoms with Gasteiger partial charge in [-0.3, -0.25) is 0 Å². The number of benzene rings is 1. The Kier molecular flexibility index (Phi) is 6.99. The van der Waals surface area contributed by atoms with E-state index in [9.17, 15) is 14.4 Å². The van der Waals surface area contributed by atoms with Crippen molar-refractivity contribution in [2.24, 2.45) is 0 Å². The van der Waals surface area contributed by atoms with Crippen LogP contribution in [0.1, 0.15) is 20.8 Å². The topological polar surface area (TPSA) is 88.1 Å². The molecule has 1 aliphatic rings. The maximum absolute atomic E-state index is 11.6. The van der Waals surface area contributed by atoms with E-state index in [-0.39, 0.29) is 21.6 Å². The molecule has 0 spiro atoms. The number of hydrogen-bond donors (Lipinski definition) is 0. The van der Waals surface area contributed by atoms with E-state index in [1.54, 1.807) is 0 Å². The summed E-state index contributed by atoms with van der Waals surface area (Å²) >= 11 is -0.193. The zero-order valence-electron chi connectivity index (χ0n) is 14.2. The summed E-state index contributed by atoms with van der Waals surface area (Å²) in [7, 11) is 0. The molecular weight excluding hydrogens is 395 g/mol. The van der Waals surface area contributed by atoms with E-state index >= 15 is 0 Å². The second-order valence-electron chi connectivity index (χ2n) is 5.43. The normalized spacial score (nSPS) is 25.7. The quantitative estimate of drug-likeness (QED) is 0.385. The van der Waals surface area contributed by atoms with Crippen LogP contribution >= 0.6 is 0 Å². The first-order valence-corrected chi connectivity index (χ1v) is 9.56. The molecule has 1 aromatic carbocycles. The van der Waals surface area contributed by atoms with Crippen molar-refractivity contribution < 1.29 is 33.3 Å². The van der Waals surface area contributed by atoms with E-state index in [4.69, 9.17) is 18.9 Å². The molecule has 1 aromatic rings. The molecule has 2 rings (SSSR count). The molecule has 25 heavy (non-hydrogen) atoms. The molecule has 1 fully saturated rings. The van der Waals surface area contributed by atoms with Gasteiger partial charge >= 0.3 is 152 Å². The molecule has 136 valence electrons. The molecule has 0 bridgehead atoms. The summed E-state index contributed by atoms with van der Waals surface area (Å²) in [6.45, 7) is 3.84. The van der Waals surface area contributed by atoms with Crippen LogP contribution in [0.4, 0.5) is 0 Å². The minimum absolute atomic E-state index is 0.0640. The summed E-state index contributed by atoms with van der Waals surface area (Å²) in [6.07, 6.45) is -2.58. The van der Waals surface area contributed by atoms with Crippen LogP contribution in [0.2, 0.25) is 0 Å². The van der Waals surface area contributed by atoms with Crippen molar-refractivity contribution in [2.75, 3.05) is 6.61 Å².